The van der Waals surface area contributed by atoms with Gasteiger partial charge in [0.25, 0.3) is 0 Å². The minimum Gasteiger partial charge on any atom is -2.00 e. The molecule has 0 aromatic rings. The van der Waals surface area contributed by atoms with Crippen LogP contribution in [0.2, 0.25) is 0 Å². The van der Waals surface area contributed by atoms with Gasteiger partial charge < -0.3 is 11.0 Å². The minimum atomic E-state index is 0. The van der Waals surface area contributed by atoms with Crippen LogP contribution >= 0.6 is 0 Å². The Hall–Kier alpha value is 2.18. The average Bonchev–Trinajstić information content (AvgIpc) is 0. The van der Waals surface area contributed by atoms with E-state index in [0.717, 1.165) is 0 Å². The van der Waals surface area contributed by atoms with Crippen LogP contribution in [0.1, 0.15) is 0 Å². The molecule has 4 heteroatoms. The van der Waals surface area contributed by atoms with Gasteiger partial charge in [-0.15, -0.1) is 0 Å². The SMILES string of the molecule is [Ce+3].[O-2].[OH-].[Zr+4]. The Labute approximate surface area is 77.5 Å². The van der Waals surface area contributed by atoms with Crippen LogP contribution in [-0.2, 0) is 31.7 Å². The second-order valence-corrected chi connectivity index (χ2v) is 0. The standard InChI is InChI=1S/Ce.H2O.O.Zr/h;1H2;;/q+3;;-2;+4/p-1. The Morgan fingerprint density at radius 3 is 1.00 bits per heavy atom. The van der Waals surface area contributed by atoms with Crippen molar-refractivity contribution in [2.45, 2.75) is 0 Å². The molecule has 0 aromatic carbocycles. The second-order valence-electron chi connectivity index (χ2n) is 0. The summed E-state index contributed by atoms with van der Waals surface area (Å²) in [7, 11) is 0. The van der Waals surface area contributed by atoms with Gasteiger partial charge in [0.15, 0.2) is 0 Å². The molecule has 0 bridgehead atoms. The van der Waals surface area contributed by atoms with E-state index < -0.39 is 0 Å². The maximum atomic E-state index is 0. The summed E-state index contributed by atoms with van der Waals surface area (Å²) >= 11 is 0. The van der Waals surface area contributed by atoms with Crippen LogP contribution in [-0.4, -0.2) is 5.48 Å². The van der Waals surface area contributed by atoms with Crippen molar-refractivity contribution in [2.75, 3.05) is 0 Å². The third-order valence-electron chi connectivity index (χ3n) is 0. The van der Waals surface area contributed by atoms with E-state index in [1.807, 2.05) is 0 Å². The Kier molecular flexibility index (Phi) is 166. The van der Waals surface area contributed by atoms with E-state index in [4.69, 9.17) is 0 Å². The third-order valence-corrected chi connectivity index (χ3v) is 0. The maximum Gasteiger partial charge on any atom is 4.00 e. The fourth-order valence-electron chi connectivity index (χ4n) is 0. The first-order chi connectivity index (χ1) is 0. The van der Waals surface area contributed by atoms with Crippen LogP contribution in [0.3, 0.4) is 0 Å². The van der Waals surface area contributed by atoms with Gasteiger partial charge in [-0.05, 0) is 0 Å². The molecule has 0 aliphatic carbocycles. The number of hydrogen-bond donors (Lipinski definition) is 0. The Morgan fingerprint density at radius 2 is 1.00 bits per heavy atom. The Morgan fingerprint density at radius 1 is 1.00 bits per heavy atom. The van der Waals surface area contributed by atoms with Gasteiger partial charge in [-0.3, -0.25) is 0 Å². The molecular formula is HCeO2Zr+4. The summed E-state index contributed by atoms with van der Waals surface area (Å²) in [6.45, 7) is 0. The molecule has 0 unspecified atom stereocenters. The fraction of sp³-hybridized carbons (Fsp3) is 0. The molecule has 17 valence electrons. The Balaban J connectivity index is 0. The monoisotopic (exact) mass is 263 g/mol. The van der Waals surface area contributed by atoms with Crippen LogP contribution in [0.5, 0.6) is 0 Å². The fourth-order valence-corrected chi connectivity index (χ4v) is 0. The molecule has 0 spiro atoms. The van der Waals surface area contributed by atoms with Gasteiger partial charge in [-0.2, -0.15) is 0 Å². The van der Waals surface area contributed by atoms with Crippen molar-refractivity contribution in [3.63, 3.8) is 0 Å². The van der Waals surface area contributed by atoms with Crippen molar-refractivity contribution in [3.8, 4) is 0 Å². The van der Waals surface area contributed by atoms with Gasteiger partial charge in [0, 0.05) is 0 Å². The van der Waals surface area contributed by atoms with E-state index in [-0.39, 0.29) is 78.9 Å². The number of hydrogen-bond acceptors (Lipinski definition) is 1. The summed E-state index contributed by atoms with van der Waals surface area (Å²) in [6.07, 6.45) is 0. The van der Waals surface area contributed by atoms with Crippen molar-refractivity contribution in [2.24, 2.45) is 0 Å². The summed E-state index contributed by atoms with van der Waals surface area (Å²) in [5.41, 5.74) is 0. The van der Waals surface area contributed by atoms with Gasteiger partial charge in [-0.1, -0.05) is 0 Å². The summed E-state index contributed by atoms with van der Waals surface area (Å²) in [5.74, 6) is 0. The van der Waals surface area contributed by atoms with Crippen molar-refractivity contribution in [1.29, 1.82) is 0 Å². The minimum absolute atomic E-state index is 0. The zero-order valence-electron chi connectivity index (χ0n) is 1.86. The molecular weight excluding hydrogens is 263 g/mol. The topological polar surface area (TPSA) is 58.5 Å². The van der Waals surface area contributed by atoms with E-state index in [0.29, 0.717) is 0 Å². The van der Waals surface area contributed by atoms with Crippen molar-refractivity contribution in [3.05, 3.63) is 0 Å². The average molecular weight is 264 g/mol. The molecule has 0 atom stereocenters. The first kappa shape index (κ1) is 34.9. The van der Waals surface area contributed by atoms with E-state index in [1.54, 1.807) is 0 Å². The molecule has 0 aromatic heterocycles. The zero-order valence-corrected chi connectivity index (χ0v) is 7.45. The molecule has 1 radical (unpaired) electrons. The number of rotatable bonds is 0. The summed E-state index contributed by atoms with van der Waals surface area (Å²) in [4.78, 5) is 0. The van der Waals surface area contributed by atoms with Gasteiger partial charge in [0.05, 0.1) is 0 Å². The predicted molar refractivity (Wildman–Crippen MR) is 2.62 cm³/mol. The second kappa shape index (κ2) is 19.0. The molecule has 0 heterocycles. The molecule has 0 rings (SSSR count). The molecule has 4 heavy (non-hydrogen) atoms. The van der Waals surface area contributed by atoms with E-state index in [9.17, 15) is 0 Å². The Bertz CT molecular complexity index is 6.00. The first-order valence-corrected chi connectivity index (χ1v) is 0. The molecule has 2 nitrogen and oxygen atoms in total. The van der Waals surface area contributed by atoms with Crippen molar-refractivity contribution in [1.82, 2.24) is 0 Å². The van der Waals surface area contributed by atoms with Crippen LogP contribution < -0.4 is 0 Å². The van der Waals surface area contributed by atoms with Crippen LogP contribution in [0.15, 0.2) is 0 Å². The van der Waals surface area contributed by atoms with Gasteiger partial charge in [-0.25, -0.2) is 0 Å². The molecule has 1 N–H and O–H groups in total. The van der Waals surface area contributed by atoms with E-state index in [2.05, 4.69) is 0 Å². The summed E-state index contributed by atoms with van der Waals surface area (Å²) in [5, 5.41) is 0. The van der Waals surface area contributed by atoms with Crippen molar-refractivity contribution >= 4 is 0 Å². The summed E-state index contributed by atoms with van der Waals surface area (Å²) < 4.78 is 0. The van der Waals surface area contributed by atoms with E-state index in [1.165, 1.54) is 0 Å². The van der Waals surface area contributed by atoms with E-state index >= 15 is 0 Å². The van der Waals surface area contributed by atoms with Gasteiger partial charge >= 0.3 is 68.0 Å². The maximum absolute atomic E-state index is 0. The van der Waals surface area contributed by atoms with Gasteiger partial charge in [0.2, 0.25) is 0 Å². The molecule has 0 saturated carbocycles. The largest absolute Gasteiger partial charge is 4.00 e. The molecule has 0 saturated heterocycles. The van der Waals surface area contributed by atoms with Crippen molar-refractivity contribution < 1.29 is 78.9 Å². The van der Waals surface area contributed by atoms with Crippen LogP contribution in [0.4, 0.5) is 0 Å². The molecule has 0 amide bonds. The van der Waals surface area contributed by atoms with Crippen LogP contribution in [0.25, 0.3) is 0 Å². The first-order valence-electron chi connectivity index (χ1n) is 0. The van der Waals surface area contributed by atoms with Gasteiger partial charge in [0.1, 0.15) is 0 Å². The van der Waals surface area contributed by atoms with Crippen LogP contribution in [0, 0.1) is 41.7 Å². The molecule has 0 fully saturated rings. The molecule has 0 aliphatic rings. The normalized spacial score (nSPS) is 0. The predicted octanol–water partition coefficient (Wildman–Crippen LogP) is -0.298. The molecule has 0 aliphatic heterocycles. The third kappa shape index (κ3) is 8.89. The zero-order chi connectivity index (χ0) is 0. The summed E-state index contributed by atoms with van der Waals surface area (Å²) in [6, 6.07) is 0. The smallest absolute Gasteiger partial charge is 2.00 e. The quantitative estimate of drug-likeness (QED) is 0.593.